The van der Waals surface area contributed by atoms with Crippen LogP contribution in [0.5, 0.6) is 0 Å². The number of anilines is 1. The van der Waals surface area contributed by atoms with Crippen molar-refractivity contribution in [3.05, 3.63) is 30.3 Å². The van der Waals surface area contributed by atoms with Crippen LogP contribution in [0.4, 0.5) is 5.69 Å². The minimum absolute atomic E-state index is 0.169. The first-order valence-electron chi connectivity index (χ1n) is 7.20. The van der Waals surface area contributed by atoms with Crippen LogP contribution in [0.1, 0.15) is 27.2 Å². The lowest BCUT2D eigenvalue weighted by Crippen LogP contribution is -2.38. The molecular weight excluding hydrogens is 270 g/mol. The third-order valence-electron chi connectivity index (χ3n) is 3.55. The van der Waals surface area contributed by atoms with E-state index < -0.39 is 0 Å². The maximum Gasteiger partial charge on any atom is 0.237 e. The van der Waals surface area contributed by atoms with Crippen LogP contribution in [-0.2, 0) is 9.53 Å². The maximum absolute atomic E-state index is 12.5. The lowest BCUT2D eigenvalue weighted by Gasteiger charge is -2.27. The van der Waals surface area contributed by atoms with Gasteiger partial charge in [-0.2, -0.15) is 0 Å². The summed E-state index contributed by atoms with van der Waals surface area (Å²) in [4.78, 5) is 14.4. The Balaban J connectivity index is 1.97. The monoisotopic (exact) mass is 293 g/mol. The number of hydrogen-bond acceptors (Lipinski definition) is 3. The Hall–Kier alpha value is -1.00. The SMILES string of the molecule is CC(C)N(C(=O)CS[C@@H]1CCO[C@@H]1C)c1ccccc1. The number of para-hydroxylation sites is 1. The van der Waals surface area contributed by atoms with E-state index in [1.54, 1.807) is 11.8 Å². The lowest BCUT2D eigenvalue weighted by atomic mass is 10.2. The summed E-state index contributed by atoms with van der Waals surface area (Å²) < 4.78 is 5.54. The maximum atomic E-state index is 12.5. The Kier molecular flexibility index (Phi) is 5.49. The van der Waals surface area contributed by atoms with Crippen molar-refractivity contribution >= 4 is 23.4 Å². The Morgan fingerprint density at radius 1 is 1.40 bits per heavy atom. The Labute approximate surface area is 125 Å². The van der Waals surface area contributed by atoms with E-state index in [9.17, 15) is 4.79 Å². The van der Waals surface area contributed by atoms with E-state index in [0.29, 0.717) is 11.0 Å². The molecule has 1 aliphatic rings. The number of nitrogens with zero attached hydrogens (tertiary/aromatic N) is 1. The molecule has 1 aromatic carbocycles. The quantitative estimate of drug-likeness (QED) is 0.834. The fraction of sp³-hybridized carbons (Fsp3) is 0.562. The number of amides is 1. The van der Waals surface area contributed by atoms with Gasteiger partial charge in [0.25, 0.3) is 0 Å². The Morgan fingerprint density at radius 3 is 2.65 bits per heavy atom. The molecule has 2 rings (SSSR count). The largest absolute Gasteiger partial charge is 0.377 e. The highest BCUT2D eigenvalue weighted by Crippen LogP contribution is 2.27. The number of carbonyl (C=O) groups is 1. The number of benzene rings is 1. The highest BCUT2D eigenvalue weighted by molar-refractivity contribution is 8.00. The van der Waals surface area contributed by atoms with E-state index in [0.717, 1.165) is 18.7 Å². The van der Waals surface area contributed by atoms with Crippen LogP contribution < -0.4 is 4.90 Å². The minimum atomic E-state index is 0.169. The summed E-state index contributed by atoms with van der Waals surface area (Å²) in [5, 5.41) is 0.448. The Bertz CT molecular complexity index is 435. The van der Waals surface area contributed by atoms with Gasteiger partial charge in [0.2, 0.25) is 5.91 Å². The third-order valence-corrected chi connectivity index (χ3v) is 5.01. The zero-order valence-corrected chi connectivity index (χ0v) is 13.2. The van der Waals surface area contributed by atoms with Crippen molar-refractivity contribution in [2.75, 3.05) is 17.3 Å². The van der Waals surface area contributed by atoms with Gasteiger partial charge in [0.1, 0.15) is 0 Å². The molecule has 1 amide bonds. The lowest BCUT2D eigenvalue weighted by molar-refractivity contribution is -0.116. The van der Waals surface area contributed by atoms with Crippen LogP contribution in [0, 0.1) is 0 Å². The van der Waals surface area contributed by atoms with E-state index in [1.807, 2.05) is 35.2 Å². The standard InChI is InChI=1S/C16H23NO2S/c1-12(2)17(14-7-5-4-6-8-14)16(18)11-20-15-9-10-19-13(15)3/h4-8,12-13,15H,9-11H2,1-3H3/t13-,15-/m1/s1. The number of carbonyl (C=O) groups excluding carboxylic acids is 1. The van der Waals surface area contributed by atoms with Gasteiger partial charge in [-0.3, -0.25) is 4.79 Å². The van der Waals surface area contributed by atoms with Gasteiger partial charge in [0, 0.05) is 23.6 Å². The molecule has 1 aliphatic heterocycles. The second-order valence-corrected chi connectivity index (χ2v) is 6.63. The van der Waals surface area contributed by atoms with Gasteiger partial charge in [-0.25, -0.2) is 0 Å². The van der Waals surface area contributed by atoms with Crippen molar-refractivity contribution in [2.24, 2.45) is 0 Å². The zero-order valence-electron chi connectivity index (χ0n) is 12.4. The number of rotatable bonds is 5. The Morgan fingerprint density at radius 2 is 2.10 bits per heavy atom. The average molecular weight is 293 g/mol. The fourth-order valence-electron chi connectivity index (χ4n) is 2.50. The molecule has 110 valence electrons. The highest BCUT2D eigenvalue weighted by atomic mass is 32.2. The van der Waals surface area contributed by atoms with Crippen LogP contribution in [0.15, 0.2) is 30.3 Å². The first-order chi connectivity index (χ1) is 9.59. The molecule has 0 radical (unpaired) electrons. The van der Waals surface area contributed by atoms with Gasteiger partial charge < -0.3 is 9.64 Å². The van der Waals surface area contributed by atoms with Gasteiger partial charge >= 0.3 is 0 Å². The molecule has 4 heteroatoms. The molecule has 1 saturated heterocycles. The van der Waals surface area contributed by atoms with Gasteiger partial charge in [-0.15, -0.1) is 11.8 Å². The van der Waals surface area contributed by atoms with Crippen molar-refractivity contribution in [1.29, 1.82) is 0 Å². The number of ether oxygens (including phenoxy) is 1. The molecule has 3 nitrogen and oxygen atoms in total. The van der Waals surface area contributed by atoms with Gasteiger partial charge in [0.15, 0.2) is 0 Å². The molecule has 2 atom stereocenters. The molecule has 0 aromatic heterocycles. The van der Waals surface area contributed by atoms with Crippen LogP contribution in [0.2, 0.25) is 0 Å². The first-order valence-corrected chi connectivity index (χ1v) is 8.24. The second-order valence-electron chi connectivity index (χ2n) is 5.41. The molecular formula is C16H23NO2S. The molecule has 0 saturated carbocycles. The van der Waals surface area contributed by atoms with E-state index in [2.05, 4.69) is 20.8 Å². The van der Waals surface area contributed by atoms with E-state index in [1.165, 1.54) is 0 Å². The smallest absolute Gasteiger partial charge is 0.237 e. The summed E-state index contributed by atoms with van der Waals surface area (Å²) in [5.74, 6) is 0.695. The fourth-order valence-corrected chi connectivity index (χ4v) is 3.61. The van der Waals surface area contributed by atoms with Crippen LogP contribution in [0.3, 0.4) is 0 Å². The summed E-state index contributed by atoms with van der Waals surface area (Å²) >= 11 is 1.72. The van der Waals surface area contributed by atoms with Gasteiger partial charge in [0.05, 0.1) is 11.9 Å². The normalized spacial score (nSPS) is 22.2. The van der Waals surface area contributed by atoms with E-state index >= 15 is 0 Å². The first kappa shape index (κ1) is 15.4. The molecule has 0 N–H and O–H groups in total. The van der Waals surface area contributed by atoms with E-state index in [4.69, 9.17) is 4.74 Å². The molecule has 0 unspecified atom stereocenters. The summed E-state index contributed by atoms with van der Waals surface area (Å²) in [6.45, 7) is 7.01. The van der Waals surface area contributed by atoms with Crippen molar-refractivity contribution < 1.29 is 9.53 Å². The molecule has 1 fully saturated rings. The predicted molar refractivity (Wildman–Crippen MR) is 85.3 cm³/mol. The zero-order chi connectivity index (χ0) is 14.5. The highest BCUT2D eigenvalue weighted by Gasteiger charge is 2.27. The van der Waals surface area contributed by atoms with Crippen LogP contribution in [0.25, 0.3) is 0 Å². The number of thioether (sulfide) groups is 1. The van der Waals surface area contributed by atoms with Crippen molar-refractivity contribution in [3.63, 3.8) is 0 Å². The molecule has 0 bridgehead atoms. The van der Waals surface area contributed by atoms with Crippen molar-refractivity contribution in [1.82, 2.24) is 0 Å². The summed E-state index contributed by atoms with van der Waals surface area (Å²) in [6, 6.07) is 10.1. The summed E-state index contributed by atoms with van der Waals surface area (Å²) in [6.07, 6.45) is 1.31. The number of hydrogen-bond donors (Lipinski definition) is 0. The summed E-state index contributed by atoms with van der Waals surface area (Å²) in [7, 11) is 0. The minimum Gasteiger partial charge on any atom is -0.377 e. The summed E-state index contributed by atoms with van der Waals surface area (Å²) in [5.41, 5.74) is 0.976. The van der Waals surface area contributed by atoms with E-state index in [-0.39, 0.29) is 18.1 Å². The topological polar surface area (TPSA) is 29.5 Å². The average Bonchev–Trinajstić information content (AvgIpc) is 2.83. The molecule has 0 spiro atoms. The van der Waals surface area contributed by atoms with Crippen molar-refractivity contribution in [3.8, 4) is 0 Å². The molecule has 0 aliphatic carbocycles. The van der Waals surface area contributed by atoms with Gasteiger partial charge in [-0.05, 0) is 39.3 Å². The molecule has 20 heavy (non-hydrogen) atoms. The van der Waals surface area contributed by atoms with Crippen LogP contribution >= 0.6 is 11.8 Å². The third kappa shape index (κ3) is 3.76. The van der Waals surface area contributed by atoms with Crippen LogP contribution in [-0.4, -0.2) is 35.7 Å². The molecule has 1 heterocycles. The molecule has 1 aromatic rings. The van der Waals surface area contributed by atoms with Gasteiger partial charge in [-0.1, -0.05) is 18.2 Å². The van der Waals surface area contributed by atoms with Crippen molar-refractivity contribution in [2.45, 2.75) is 44.6 Å². The predicted octanol–water partition coefficient (Wildman–Crippen LogP) is 3.34. The second kappa shape index (κ2) is 7.14.